The number of benzene rings is 1. The maximum atomic E-state index is 13.6. The summed E-state index contributed by atoms with van der Waals surface area (Å²) in [6.07, 6.45) is 5.97. The Morgan fingerprint density at radius 2 is 1.93 bits per heavy atom. The minimum absolute atomic E-state index is 0.0878. The number of halogens is 1. The average Bonchev–Trinajstić information content (AvgIpc) is 3.46. The molecule has 2 aromatic heterocycles. The number of aryl methyl sites for hydroxylation is 1. The van der Waals surface area contributed by atoms with Crippen molar-refractivity contribution in [1.82, 2.24) is 34.9 Å². The van der Waals surface area contributed by atoms with E-state index in [2.05, 4.69) is 25.5 Å². The Morgan fingerprint density at radius 1 is 1.10 bits per heavy atom. The van der Waals surface area contributed by atoms with Crippen LogP contribution in [0.2, 0.25) is 0 Å². The second-order valence-corrected chi connectivity index (χ2v) is 8.50. The SMILES string of the molecule is CO[C@@H]1C[C@H]2CN(Cc3cn(C)nn3)C[C@H]2C[C@H]1n1cc(-c2cccc(F)c2)nn1. The summed E-state index contributed by atoms with van der Waals surface area (Å²) in [5, 5.41) is 16.9. The molecule has 5 rings (SSSR count). The number of ether oxygens (including phenoxy) is 1. The molecule has 3 heterocycles. The molecule has 1 saturated carbocycles. The Hall–Kier alpha value is -2.65. The van der Waals surface area contributed by atoms with E-state index in [1.165, 1.54) is 12.1 Å². The van der Waals surface area contributed by atoms with Crippen LogP contribution in [0.5, 0.6) is 0 Å². The molecule has 0 bridgehead atoms. The van der Waals surface area contributed by atoms with E-state index in [9.17, 15) is 4.39 Å². The van der Waals surface area contributed by atoms with E-state index in [-0.39, 0.29) is 18.0 Å². The number of rotatable bonds is 5. The molecule has 158 valence electrons. The van der Waals surface area contributed by atoms with Gasteiger partial charge in [0, 0.05) is 45.6 Å². The van der Waals surface area contributed by atoms with Crippen molar-refractivity contribution < 1.29 is 9.13 Å². The molecule has 30 heavy (non-hydrogen) atoms. The summed E-state index contributed by atoms with van der Waals surface area (Å²) in [5.74, 6) is 0.917. The topological polar surface area (TPSA) is 73.9 Å². The molecule has 2 aliphatic rings. The van der Waals surface area contributed by atoms with Crippen LogP contribution in [0.4, 0.5) is 4.39 Å². The van der Waals surface area contributed by atoms with Crippen molar-refractivity contribution in [2.75, 3.05) is 20.2 Å². The van der Waals surface area contributed by atoms with Gasteiger partial charge < -0.3 is 4.74 Å². The van der Waals surface area contributed by atoms with Gasteiger partial charge in [-0.15, -0.1) is 10.2 Å². The zero-order chi connectivity index (χ0) is 20.7. The number of likely N-dealkylation sites (tertiary alicyclic amines) is 1. The number of hydrogen-bond donors (Lipinski definition) is 0. The summed E-state index contributed by atoms with van der Waals surface area (Å²) in [4.78, 5) is 2.47. The third-order valence-electron chi connectivity index (χ3n) is 6.47. The first-order valence-electron chi connectivity index (χ1n) is 10.4. The molecule has 1 saturated heterocycles. The Bertz CT molecular complexity index is 1020. The van der Waals surface area contributed by atoms with Crippen LogP contribution in [0.15, 0.2) is 36.7 Å². The van der Waals surface area contributed by atoms with Crippen molar-refractivity contribution in [2.45, 2.75) is 31.5 Å². The van der Waals surface area contributed by atoms with Crippen molar-refractivity contribution in [1.29, 1.82) is 0 Å². The summed E-state index contributed by atoms with van der Waals surface area (Å²) in [7, 11) is 3.67. The maximum absolute atomic E-state index is 13.6. The lowest BCUT2D eigenvalue weighted by Crippen LogP contribution is -2.37. The molecule has 3 aromatic rings. The predicted octanol–water partition coefficient (Wildman–Crippen LogP) is 2.31. The largest absolute Gasteiger partial charge is 0.379 e. The van der Waals surface area contributed by atoms with Gasteiger partial charge in [0.2, 0.25) is 0 Å². The number of aromatic nitrogens is 6. The maximum Gasteiger partial charge on any atom is 0.123 e. The molecule has 2 fully saturated rings. The minimum Gasteiger partial charge on any atom is -0.379 e. The normalized spacial score (nSPS) is 26.8. The monoisotopic (exact) mass is 411 g/mol. The lowest BCUT2D eigenvalue weighted by atomic mass is 9.77. The first-order valence-corrected chi connectivity index (χ1v) is 10.4. The Balaban J connectivity index is 1.31. The molecular formula is C21H26FN7O. The number of nitrogens with zero attached hydrogens (tertiary/aromatic N) is 7. The van der Waals surface area contributed by atoms with E-state index < -0.39 is 0 Å². The summed E-state index contributed by atoms with van der Waals surface area (Å²) in [6.45, 7) is 2.93. The number of hydrogen-bond acceptors (Lipinski definition) is 6. The van der Waals surface area contributed by atoms with Crippen LogP contribution in [0.25, 0.3) is 11.3 Å². The van der Waals surface area contributed by atoms with Crippen LogP contribution < -0.4 is 0 Å². The van der Waals surface area contributed by atoms with Gasteiger partial charge in [-0.05, 0) is 36.8 Å². The van der Waals surface area contributed by atoms with Crippen LogP contribution in [0.3, 0.4) is 0 Å². The molecule has 0 amide bonds. The van der Waals surface area contributed by atoms with Gasteiger partial charge in [0.25, 0.3) is 0 Å². The summed E-state index contributed by atoms with van der Waals surface area (Å²) < 4.78 is 23.1. The second-order valence-electron chi connectivity index (χ2n) is 8.50. The standard InChI is InChI=1S/C21H26FN7O/c1-27-11-18(23-25-27)12-28-9-15-7-20(21(30-2)8-16(15)10-28)29-13-19(24-26-29)14-4-3-5-17(22)6-14/h3-6,11,13,15-16,20-21H,7-10,12H2,1-2H3/t15-,16+,20-,21-/m1/s1. The highest BCUT2D eigenvalue weighted by molar-refractivity contribution is 5.57. The van der Waals surface area contributed by atoms with Gasteiger partial charge >= 0.3 is 0 Å². The molecule has 0 unspecified atom stereocenters. The molecule has 1 aliphatic heterocycles. The van der Waals surface area contributed by atoms with Crippen molar-refractivity contribution >= 4 is 0 Å². The van der Waals surface area contributed by atoms with Crippen molar-refractivity contribution in [3.8, 4) is 11.3 Å². The zero-order valence-electron chi connectivity index (χ0n) is 17.2. The average molecular weight is 411 g/mol. The van der Waals surface area contributed by atoms with E-state index in [1.54, 1.807) is 17.9 Å². The summed E-state index contributed by atoms with van der Waals surface area (Å²) in [6, 6.07) is 6.59. The molecule has 0 radical (unpaired) electrons. The molecular weight excluding hydrogens is 385 g/mol. The summed E-state index contributed by atoms with van der Waals surface area (Å²) >= 11 is 0. The first-order chi connectivity index (χ1) is 14.6. The number of methoxy groups -OCH3 is 1. The fourth-order valence-corrected chi connectivity index (χ4v) is 5.06. The van der Waals surface area contributed by atoms with Crippen LogP contribution >= 0.6 is 0 Å². The van der Waals surface area contributed by atoms with E-state index in [4.69, 9.17) is 4.74 Å². The third-order valence-corrected chi connectivity index (χ3v) is 6.47. The highest BCUT2D eigenvalue weighted by Gasteiger charge is 2.43. The van der Waals surface area contributed by atoms with E-state index in [1.807, 2.05) is 30.2 Å². The molecule has 4 atom stereocenters. The van der Waals surface area contributed by atoms with E-state index in [0.29, 0.717) is 17.5 Å². The molecule has 0 spiro atoms. The molecule has 1 aromatic carbocycles. The zero-order valence-corrected chi connectivity index (χ0v) is 17.2. The highest BCUT2D eigenvalue weighted by Crippen LogP contribution is 2.42. The third kappa shape index (κ3) is 3.75. The fourth-order valence-electron chi connectivity index (χ4n) is 5.06. The quantitative estimate of drug-likeness (QED) is 0.642. The molecule has 0 N–H and O–H groups in total. The smallest absolute Gasteiger partial charge is 0.123 e. The Labute approximate surface area is 174 Å². The van der Waals surface area contributed by atoms with Crippen LogP contribution in [-0.4, -0.2) is 61.2 Å². The van der Waals surface area contributed by atoms with Gasteiger partial charge in [0.05, 0.1) is 24.0 Å². The Kier molecular flexibility index (Phi) is 5.08. The van der Waals surface area contributed by atoms with Crippen molar-refractivity contribution in [3.63, 3.8) is 0 Å². The Morgan fingerprint density at radius 3 is 2.67 bits per heavy atom. The van der Waals surface area contributed by atoms with Crippen LogP contribution in [-0.2, 0) is 18.3 Å². The van der Waals surface area contributed by atoms with Gasteiger partial charge in [-0.3, -0.25) is 9.58 Å². The lowest BCUT2D eigenvalue weighted by Gasteiger charge is -2.37. The van der Waals surface area contributed by atoms with E-state index >= 15 is 0 Å². The highest BCUT2D eigenvalue weighted by atomic mass is 19.1. The minimum atomic E-state index is -0.272. The van der Waals surface area contributed by atoms with Crippen LogP contribution in [0.1, 0.15) is 24.6 Å². The second kappa shape index (κ2) is 7.88. The van der Waals surface area contributed by atoms with Gasteiger partial charge in [0.1, 0.15) is 11.5 Å². The molecule has 1 aliphatic carbocycles. The summed E-state index contributed by atoms with van der Waals surface area (Å²) in [5.41, 5.74) is 2.43. The first kappa shape index (κ1) is 19.3. The van der Waals surface area contributed by atoms with Gasteiger partial charge in [-0.25, -0.2) is 9.07 Å². The molecule has 8 nitrogen and oxygen atoms in total. The van der Waals surface area contributed by atoms with Gasteiger partial charge in [-0.1, -0.05) is 22.6 Å². The van der Waals surface area contributed by atoms with Gasteiger partial charge in [0.15, 0.2) is 0 Å². The van der Waals surface area contributed by atoms with Gasteiger partial charge in [-0.2, -0.15) is 0 Å². The van der Waals surface area contributed by atoms with Crippen molar-refractivity contribution in [2.24, 2.45) is 18.9 Å². The fraction of sp³-hybridized carbons (Fsp3) is 0.524. The lowest BCUT2D eigenvalue weighted by molar-refractivity contribution is -0.00545. The van der Waals surface area contributed by atoms with Crippen molar-refractivity contribution in [3.05, 3.63) is 48.2 Å². The number of fused-ring (bicyclic) bond motifs is 1. The predicted molar refractivity (Wildman–Crippen MR) is 108 cm³/mol. The van der Waals surface area contributed by atoms with Crippen LogP contribution in [0, 0.1) is 17.7 Å². The molecule has 9 heteroatoms. The van der Waals surface area contributed by atoms with E-state index in [0.717, 1.165) is 43.7 Å².